The molecule has 0 heterocycles. The van der Waals surface area contributed by atoms with Gasteiger partial charge in [0.1, 0.15) is 11.4 Å². The van der Waals surface area contributed by atoms with Crippen LogP contribution in [-0.2, 0) is 4.74 Å². The van der Waals surface area contributed by atoms with Crippen molar-refractivity contribution in [2.75, 3.05) is 7.11 Å². The van der Waals surface area contributed by atoms with Crippen LogP contribution in [0.15, 0.2) is 24.3 Å². The number of carbonyl (C=O) groups excluding carboxylic acids is 1. The zero-order valence-electron chi connectivity index (χ0n) is 8.63. The molecule has 0 spiro atoms. The molecule has 0 atom stereocenters. The molecule has 1 aliphatic carbocycles. The van der Waals surface area contributed by atoms with Gasteiger partial charge in [0.25, 0.3) is 0 Å². The highest BCUT2D eigenvalue weighted by Gasteiger charge is 2.44. The Balaban J connectivity index is 2.24. The lowest BCUT2D eigenvalue weighted by atomic mass is 9.75. The van der Waals surface area contributed by atoms with Gasteiger partial charge in [-0.05, 0) is 43.5 Å². The maximum Gasteiger partial charge on any atom is 0.194 e. The van der Waals surface area contributed by atoms with E-state index in [2.05, 4.69) is 0 Å². The van der Waals surface area contributed by atoms with Gasteiger partial charge in [0.05, 0.1) is 0 Å². The predicted octanol–water partition coefficient (Wildman–Crippen LogP) is 2.58. The molecule has 0 unspecified atom stereocenters. The number of rotatable bonds is 3. The summed E-state index contributed by atoms with van der Waals surface area (Å²) in [6.07, 6.45) is 2.54. The van der Waals surface area contributed by atoms with E-state index in [9.17, 15) is 9.18 Å². The molecule has 0 amide bonds. The smallest absolute Gasteiger partial charge is 0.194 e. The standard InChI is InChI=1S/C12H13FO2/c1-15-12(7-2-8-12)11(14)9-3-5-10(13)6-4-9/h3-6H,2,7-8H2,1H3. The summed E-state index contributed by atoms with van der Waals surface area (Å²) in [5, 5.41) is 0. The summed E-state index contributed by atoms with van der Waals surface area (Å²) in [7, 11) is 1.56. The molecule has 1 aromatic rings. The molecule has 0 N–H and O–H groups in total. The lowest BCUT2D eigenvalue weighted by molar-refractivity contribution is -0.0448. The number of ketones is 1. The van der Waals surface area contributed by atoms with Crippen LogP contribution in [0.2, 0.25) is 0 Å². The minimum atomic E-state index is -0.641. The van der Waals surface area contributed by atoms with Crippen LogP contribution in [0.4, 0.5) is 4.39 Å². The van der Waals surface area contributed by atoms with Crippen molar-refractivity contribution in [3.05, 3.63) is 35.6 Å². The summed E-state index contributed by atoms with van der Waals surface area (Å²) in [6, 6.07) is 5.62. The number of halogens is 1. The number of hydrogen-bond donors (Lipinski definition) is 0. The minimum absolute atomic E-state index is 0.0312. The Morgan fingerprint density at radius 1 is 1.33 bits per heavy atom. The lowest BCUT2D eigenvalue weighted by Crippen LogP contribution is -2.47. The first-order valence-corrected chi connectivity index (χ1v) is 5.03. The van der Waals surface area contributed by atoms with Gasteiger partial charge < -0.3 is 4.74 Å². The summed E-state index contributed by atoms with van der Waals surface area (Å²) in [6.45, 7) is 0. The maximum atomic E-state index is 12.7. The van der Waals surface area contributed by atoms with E-state index in [1.807, 2.05) is 0 Å². The third kappa shape index (κ3) is 1.67. The lowest BCUT2D eigenvalue weighted by Gasteiger charge is -2.38. The Morgan fingerprint density at radius 3 is 2.33 bits per heavy atom. The predicted molar refractivity (Wildman–Crippen MR) is 54.3 cm³/mol. The van der Waals surface area contributed by atoms with E-state index in [0.717, 1.165) is 19.3 Å². The number of Topliss-reactive ketones (excluding diaryl/α,β-unsaturated/α-hetero) is 1. The topological polar surface area (TPSA) is 26.3 Å². The number of methoxy groups -OCH3 is 1. The van der Waals surface area contributed by atoms with Crippen molar-refractivity contribution in [1.82, 2.24) is 0 Å². The van der Waals surface area contributed by atoms with Crippen molar-refractivity contribution in [3.8, 4) is 0 Å². The van der Waals surface area contributed by atoms with Gasteiger partial charge in [-0.1, -0.05) is 0 Å². The van der Waals surface area contributed by atoms with Crippen LogP contribution < -0.4 is 0 Å². The Kier molecular flexibility index (Phi) is 2.57. The van der Waals surface area contributed by atoms with Crippen LogP contribution in [0.25, 0.3) is 0 Å². The first kappa shape index (κ1) is 10.3. The number of carbonyl (C=O) groups is 1. The molecule has 1 aromatic carbocycles. The normalized spacial score (nSPS) is 18.3. The van der Waals surface area contributed by atoms with E-state index < -0.39 is 5.60 Å². The molecule has 0 aromatic heterocycles. The third-order valence-corrected chi connectivity index (χ3v) is 3.07. The fourth-order valence-electron chi connectivity index (χ4n) is 1.89. The molecule has 2 nitrogen and oxygen atoms in total. The van der Waals surface area contributed by atoms with Crippen LogP contribution in [-0.4, -0.2) is 18.5 Å². The van der Waals surface area contributed by atoms with Crippen molar-refractivity contribution < 1.29 is 13.9 Å². The largest absolute Gasteiger partial charge is 0.370 e. The summed E-state index contributed by atoms with van der Waals surface area (Å²) in [5.74, 6) is -0.358. The van der Waals surface area contributed by atoms with Crippen molar-refractivity contribution in [2.24, 2.45) is 0 Å². The highest BCUT2D eigenvalue weighted by Crippen LogP contribution is 2.37. The molecule has 80 valence electrons. The highest BCUT2D eigenvalue weighted by molar-refractivity contribution is 6.03. The Bertz CT molecular complexity index is 360. The monoisotopic (exact) mass is 208 g/mol. The number of benzene rings is 1. The van der Waals surface area contributed by atoms with Gasteiger partial charge in [-0.15, -0.1) is 0 Å². The van der Waals surface area contributed by atoms with Crippen LogP contribution in [0.5, 0.6) is 0 Å². The van der Waals surface area contributed by atoms with Gasteiger partial charge in [-0.25, -0.2) is 4.39 Å². The van der Waals surface area contributed by atoms with Gasteiger partial charge in [0.15, 0.2) is 5.78 Å². The molecule has 0 aliphatic heterocycles. The SMILES string of the molecule is COC1(C(=O)c2ccc(F)cc2)CCC1. The van der Waals surface area contributed by atoms with E-state index in [1.54, 1.807) is 7.11 Å². The average molecular weight is 208 g/mol. The molecule has 1 saturated carbocycles. The van der Waals surface area contributed by atoms with Crippen LogP contribution in [0, 0.1) is 5.82 Å². The first-order valence-electron chi connectivity index (χ1n) is 5.03. The molecular weight excluding hydrogens is 195 g/mol. The molecule has 1 aliphatic rings. The quantitative estimate of drug-likeness (QED) is 0.713. The van der Waals surface area contributed by atoms with E-state index in [-0.39, 0.29) is 11.6 Å². The van der Waals surface area contributed by atoms with Gasteiger partial charge >= 0.3 is 0 Å². The molecule has 0 bridgehead atoms. The molecule has 0 radical (unpaired) electrons. The van der Waals surface area contributed by atoms with E-state index in [4.69, 9.17) is 4.74 Å². The molecule has 0 saturated heterocycles. The highest BCUT2D eigenvalue weighted by atomic mass is 19.1. The number of hydrogen-bond acceptors (Lipinski definition) is 2. The fourth-order valence-corrected chi connectivity index (χ4v) is 1.89. The summed E-state index contributed by atoms with van der Waals surface area (Å²) in [5.41, 5.74) is -0.115. The zero-order chi connectivity index (χ0) is 10.9. The van der Waals surface area contributed by atoms with E-state index in [0.29, 0.717) is 5.56 Å². The van der Waals surface area contributed by atoms with E-state index >= 15 is 0 Å². The van der Waals surface area contributed by atoms with Crippen LogP contribution in [0.1, 0.15) is 29.6 Å². The average Bonchev–Trinajstić information content (AvgIpc) is 2.18. The maximum absolute atomic E-state index is 12.7. The zero-order valence-corrected chi connectivity index (χ0v) is 8.63. The van der Waals surface area contributed by atoms with E-state index in [1.165, 1.54) is 24.3 Å². The third-order valence-electron chi connectivity index (χ3n) is 3.07. The molecular formula is C12H13FO2. The number of ether oxygens (including phenoxy) is 1. The summed E-state index contributed by atoms with van der Waals surface area (Å²) < 4.78 is 18.0. The van der Waals surface area contributed by atoms with Gasteiger partial charge in [-0.3, -0.25) is 4.79 Å². The second-order valence-corrected chi connectivity index (χ2v) is 3.89. The van der Waals surface area contributed by atoms with Gasteiger partial charge in [0, 0.05) is 12.7 Å². The fraction of sp³-hybridized carbons (Fsp3) is 0.417. The Labute approximate surface area is 88.1 Å². The second kappa shape index (κ2) is 3.74. The second-order valence-electron chi connectivity index (χ2n) is 3.89. The minimum Gasteiger partial charge on any atom is -0.370 e. The summed E-state index contributed by atoms with van der Waals surface area (Å²) in [4.78, 5) is 12.0. The van der Waals surface area contributed by atoms with Crippen molar-refractivity contribution in [2.45, 2.75) is 24.9 Å². The van der Waals surface area contributed by atoms with Gasteiger partial charge in [-0.2, -0.15) is 0 Å². The molecule has 15 heavy (non-hydrogen) atoms. The summed E-state index contributed by atoms with van der Waals surface area (Å²) >= 11 is 0. The van der Waals surface area contributed by atoms with Crippen molar-refractivity contribution in [1.29, 1.82) is 0 Å². The molecule has 3 heteroatoms. The molecule has 2 rings (SSSR count). The first-order chi connectivity index (χ1) is 7.18. The Morgan fingerprint density at radius 2 is 1.93 bits per heavy atom. The Hall–Kier alpha value is -1.22. The van der Waals surface area contributed by atoms with Crippen molar-refractivity contribution >= 4 is 5.78 Å². The van der Waals surface area contributed by atoms with Crippen LogP contribution >= 0.6 is 0 Å². The van der Waals surface area contributed by atoms with Crippen molar-refractivity contribution in [3.63, 3.8) is 0 Å². The van der Waals surface area contributed by atoms with Gasteiger partial charge in [0.2, 0.25) is 0 Å². The molecule has 1 fully saturated rings. The van der Waals surface area contributed by atoms with Crippen LogP contribution in [0.3, 0.4) is 0 Å².